The van der Waals surface area contributed by atoms with Crippen molar-refractivity contribution in [3.05, 3.63) is 35.6 Å². The van der Waals surface area contributed by atoms with E-state index in [2.05, 4.69) is 39.0 Å². The Hall–Kier alpha value is -1.28. The first kappa shape index (κ1) is 10.2. The third-order valence-corrected chi connectivity index (χ3v) is 2.60. The van der Waals surface area contributed by atoms with E-state index in [-0.39, 0.29) is 5.41 Å². The number of hydrogen-bond acceptors (Lipinski definition) is 2. The van der Waals surface area contributed by atoms with Crippen LogP contribution in [0.25, 0.3) is 11.0 Å². The largest absolute Gasteiger partial charge is 0.459 e. The van der Waals surface area contributed by atoms with Gasteiger partial charge in [0.05, 0.1) is 6.54 Å². The quantitative estimate of drug-likeness (QED) is 0.773. The zero-order valence-corrected chi connectivity index (χ0v) is 9.50. The predicted octanol–water partition coefficient (Wildman–Crippen LogP) is 3.19. The van der Waals surface area contributed by atoms with Crippen LogP contribution in [0.1, 0.15) is 32.1 Å². The van der Waals surface area contributed by atoms with E-state index >= 15 is 0 Å². The molecule has 0 unspecified atom stereocenters. The van der Waals surface area contributed by atoms with Crippen LogP contribution in [-0.4, -0.2) is 0 Å². The Kier molecular flexibility index (Phi) is 2.31. The first-order valence-electron chi connectivity index (χ1n) is 5.24. The van der Waals surface area contributed by atoms with Gasteiger partial charge in [0, 0.05) is 10.9 Å². The van der Waals surface area contributed by atoms with Crippen LogP contribution in [-0.2, 0) is 12.0 Å². The van der Waals surface area contributed by atoms with Gasteiger partial charge in [-0.25, -0.2) is 0 Å². The Labute approximate surface area is 90.1 Å². The van der Waals surface area contributed by atoms with E-state index in [9.17, 15) is 0 Å². The van der Waals surface area contributed by atoms with Gasteiger partial charge in [0.15, 0.2) is 0 Å². The Morgan fingerprint density at radius 2 is 2.00 bits per heavy atom. The fraction of sp³-hybridized carbons (Fsp3) is 0.385. The second-order valence-corrected chi connectivity index (χ2v) is 4.89. The van der Waals surface area contributed by atoms with Crippen LogP contribution in [0.2, 0.25) is 0 Å². The van der Waals surface area contributed by atoms with Gasteiger partial charge in [-0.05, 0) is 11.5 Å². The predicted molar refractivity (Wildman–Crippen MR) is 62.8 cm³/mol. The summed E-state index contributed by atoms with van der Waals surface area (Å²) in [5.74, 6) is 0.849. The van der Waals surface area contributed by atoms with Crippen LogP contribution in [0, 0.1) is 0 Å². The molecule has 0 atom stereocenters. The molecule has 2 heteroatoms. The highest BCUT2D eigenvalue weighted by Gasteiger charge is 2.19. The van der Waals surface area contributed by atoms with Crippen LogP contribution < -0.4 is 5.73 Å². The minimum Gasteiger partial charge on any atom is -0.459 e. The summed E-state index contributed by atoms with van der Waals surface area (Å²) >= 11 is 0. The van der Waals surface area contributed by atoms with E-state index in [1.54, 1.807) is 0 Å². The number of para-hydroxylation sites is 1. The highest BCUT2D eigenvalue weighted by molar-refractivity contribution is 5.82. The fourth-order valence-electron chi connectivity index (χ4n) is 1.81. The summed E-state index contributed by atoms with van der Waals surface area (Å²) in [7, 11) is 0. The van der Waals surface area contributed by atoms with Gasteiger partial charge in [0.1, 0.15) is 11.3 Å². The van der Waals surface area contributed by atoms with E-state index < -0.39 is 0 Å². The average molecular weight is 203 g/mol. The highest BCUT2D eigenvalue weighted by atomic mass is 16.3. The minimum atomic E-state index is 0.100. The number of hydrogen-bond donors (Lipinski definition) is 1. The SMILES string of the molecule is CC(C)(C)c1cccc2cc(CN)oc12. The molecular weight excluding hydrogens is 186 g/mol. The summed E-state index contributed by atoms with van der Waals surface area (Å²) in [5.41, 5.74) is 7.89. The summed E-state index contributed by atoms with van der Waals surface area (Å²) < 4.78 is 5.75. The third-order valence-electron chi connectivity index (χ3n) is 2.60. The number of benzene rings is 1. The molecule has 2 rings (SSSR count). The molecule has 1 heterocycles. The molecular formula is C13H17NO. The Morgan fingerprint density at radius 3 is 2.60 bits per heavy atom. The molecule has 15 heavy (non-hydrogen) atoms. The van der Waals surface area contributed by atoms with Gasteiger partial charge in [0.2, 0.25) is 0 Å². The van der Waals surface area contributed by atoms with Gasteiger partial charge in [-0.1, -0.05) is 39.0 Å². The molecule has 2 N–H and O–H groups in total. The van der Waals surface area contributed by atoms with Crippen molar-refractivity contribution in [1.29, 1.82) is 0 Å². The van der Waals surface area contributed by atoms with Gasteiger partial charge in [-0.3, -0.25) is 0 Å². The zero-order valence-electron chi connectivity index (χ0n) is 9.50. The molecule has 0 bridgehead atoms. The first-order valence-corrected chi connectivity index (χ1v) is 5.24. The van der Waals surface area contributed by atoms with Crippen LogP contribution in [0.15, 0.2) is 28.7 Å². The minimum absolute atomic E-state index is 0.100. The summed E-state index contributed by atoms with van der Waals surface area (Å²) in [4.78, 5) is 0. The van der Waals surface area contributed by atoms with Crippen LogP contribution in [0.3, 0.4) is 0 Å². The molecule has 0 amide bonds. The molecule has 0 saturated heterocycles. The maximum Gasteiger partial charge on any atom is 0.138 e. The molecule has 0 saturated carbocycles. The summed E-state index contributed by atoms with van der Waals surface area (Å²) in [6.45, 7) is 7.02. The summed E-state index contributed by atoms with van der Waals surface area (Å²) in [6, 6.07) is 8.27. The molecule has 0 aliphatic heterocycles. The second kappa shape index (κ2) is 3.38. The Morgan fingerprint density at radius 1 is 1.27 bits per heavy atom. The van der Waals surface area contributed by atoms with Crippen molar-refractivity contribution in [3.8, 4) is 0 Å². The monoisotopic (exact) mass is 203 g/mol. The zero-order chi connectivity index (χ0) is 11.1. The molecule has 0 fully saturated rings. The van der Waals surface area contributed by atoms with Gasteiger partial charge in [-0.15, -0.1) is 0 Å². The molecule has 1 aromatic carbocycles. The molecule has 80 valence electrons. The van der Waals surface area contributed by atoms with E-state index in [1.165, 1.54) is 5.56 Å². The molecule has 2 nitrogen and oxygen atoms in total. The van der Waals surface area contributed by atoms with E-state index in [0.717, 1.165) is 16.7 Å². The van der Waals surface area contributed by atoms with Crippen LogP contribution in [0.5, 0.6) is 0 Å². The molecule has 0 radical (unpaired) electrons. The summed E-state index contributed by atoms with van der Waals surface area (Å²) in [6.07, 6.45) is 0. The Balaban J connectivity index is 2.70. The van der Waals surface area contributed by atoms with Crippen molar-refractivity contribution in [2.24, 2.45) is 5.73 Å². The first-order chi connectivity index (χ1) is 7.02. The van der Waals surface area contributed by atoms with E-state index in [1.807, 2.05) is 6.07 Å². The smallest absolute Gasteiger partial charge is 0.138 e. The number of nitrogens with two attached hydrogens (primary N) is 1. The number of rotatable bonds is 1. The van der Waals surface area contributed by atoms with Gasteiger partial charge in [-0.2, -0.15) is 0 Å². The van der Waals surface area contributed by atoms with Crippen molar-refractivity contribution in [3.63, 3.8) is 0 Å². The lowest BCUT2D eigenvalue weighted by molar-refractivity contribution is 0.527. The number of fused-ring (bicyclic) bond motifs is 1. The van der Waals surface area contributed by atoms with Crippen molar-refractivity contribution >= 4 is 11.0 Å². The van der Waals surface area contributed by atoms with Gasteiger partial charge >= 0.3 is 0 Å². The van der Waals surface area contributed by atoms with Crippen molar-refractivity contribution in [2.75, 3.05) is 0 Å². The van der Waals surface area contributed by atoms with Gasteiger partial charge < -0.3 is 10.2 Å². The Bertz CT molecular complexity index is 477. The molecule has 0 aliphatic carbocycles. The van der Waals surface area contributed by atoms with Crippen molar-refractivity contribution < 1.29 is 4.42 Å². The topological polar surface area (TPSA) is 39.2 Å². The van der Waals surface area contributed by atoms with Gasteiger partial charge in [0.25, 0.3) is 0 Å². The third kappa shape index (κ3) is 1.77. The average Bonchev–Trinajstić information content (AvgIpc) is 2.57. The maximum absolute atomic E-state index is 5.75. The van der Waals surface area contributed by atoms with E-state index in [0.29, 0.717) is 6.54 Å². The standard InChI is InChI=1S/C13H17NO/c1-13(2,3)11-6-4-5-9-7-10(8-14)15-12(9)11/h4-7H,8,14H2,1-3H3. The van der Waals surface area contributed by atoms with Crippen LogP contribution >= 0.6 is 0 Å². The normalized spacial score (nSPS) is 12.3. The molecule has 1 aromatic heterocycles. The second-order valence-electron chi connectivity index (χ2n) is 4.89. The fourth-order valence-corrected chi connectivity index (χ4v) is 1.81. The van der Waals surface area contributed by atoms with Crippen molar-refractivity contribution in [1.82, 2.24) is 0 Å². The van der Waals surface area contributed by atoms with Crippen LogP contribution in [0.4, 0.5) is 0 Å². The lowest BCUT2D eigenvalue weighted by Crippen LogP contribution is -2.10. The highest BCUT2D eigenvalue weighted by Crippen LogP contribution is 2.31. The molecule has 0 spiro atoms. The van der Waals surface area contributed by atoms with E-state index in [4.69, 9.17) is 10.2 Å². The summed E-state index contributed by atoms with van der Waals surface area (Å²) in [5, 5.41) is 1.14. The molecule has 0 aliphatic rings. The number of furan rings is 1. The lowest BCUT2D eigenvalue weighted by atomic mass is 9.86. The molecule has 2 aromatic rings. The van der Waals surface area contributed by atoms with Crippen molar-refractivity contribution in [2.45, 2.75) is 32.7 Å². The lowest BCUT2D eigenvalue weighted by Gasteiger charge is -2.18. The maximum atomic E-state index is 5.75.